The molecule has 0 aromatic carbocycles. The van der Waals surface area contributed by atoms with Gasteiger partial charge in [-0.3, -0.25) is 0 Å². The molecular weight excluding hydrogens is 168 g/mol. The minimum atomic E-state index is -2.83. The highest BCUT2D eigenvalue weighted by atomic mass is 19.2. The Morgan fingerprint density at radius 3 is 1.73 bits per heavy atom. The van der Waals surface area contributed by atoms with Crippen LogP contribution in [0, 0.1) is 0 Å². The summed E-state index contributed by atoms with van der Waals surface area (Å²) in [5, 5.41) is 16.0. The van der Waals surface area contributed by atoms with E-state index >= 15 is 0 Å². The van der Waals surface area contributed by atoms with Gasteiger partial charge in [-0.2, -0.15) is 0 Å². The molecule has 11 heavy (non-hydrogen) atoms. The monoisotopic (exact) mass is 176 g/mol. The van der Waals surface area contributed by atoms with Crippen molar-refractivity contribution in [1.82, 2.24) is 0 Å². The minimum Gasteiger partial charge on any atom is -0.366 e. The quantitative estimate of drug-likeness (QED) is 0.477. The van der Waals surface area contributed by atoms with Gasteiger partial charge in [-0.1, -0.05) is 0 Å². The number of aliphatic hydroxyl groups excluding tert-OH is 1. The molecule has 0 heterocycles. The summed E-state index contributed by atoms with van der Waals surface area (Å²) in [5.41, 5.74) is 0. The molecule has 0 aromatic heterocycles. The zero-order valence-electron chi connectivity index (χ0n) is 5.42. The number of alkyl halides is 4. The number of hydrogen-bond acceptors (Lipinski definition) is 2. The van der Waals surface area contributed by atoms with Crippen LogP contribution >= 0.6 is 0 Å². The van der Waals surface area contributed by atoms with Gasteiger partial charge in [0.25, 0.3) is 0 Å². The maximum Gasteiger partial charge on any atom is 0.186 e. The third kappa shape index (κ3) is 3.02. The van der Waals surface area contributed by atoms with Gasteiger partial charge in [0.15, 0.2) is 24.8 Å². The number of halogens is 4. The molecule has 0 bridgehead atoms. The average Bonchev–Trinajstić information content (AvgIpc) is 2.00. The molecule has 0 aliphatic heterocycles. The van der Waals surface area contributed by atoms with Crippen molar-refractivity contribution in [3.63, 3.8) is 0 Å². The lowest BCUT2D eigenvalue weighted by Crippen LogP contribution is -2.37. The fraction of sp³-hybridized carbons (Fsp3) is 1.00. The predicted octanol–water partition coefficient (Wildman–Crippen LogP) is 0.281. The molecule has 0 amide bonds. The fourth-order valence-electron chi connectivity index (χ4n) is 0.449. The van der Waals surface area contributed by atoms with Gasteiger partial charge in [-0.05, 0) is 0 Å². The summed E-state index contributed by atoms with van der Waals surface area (Å²) in [5.74, 6) is 0. The maximum absolute atomic E-state index is 12.1. The van der Waals surface area contributed by atoms with E-state index in [-0.39, 0.29) is 0 Å². The van der Waals surface area contributed by atoms with Crippen molar-refractivity contribution in [3.05, 3.63) is 0 Å². The van der Waals surface area contributed by atoms with Gasteiger partial charge in [0.05, 0.1) is 0 Å². The zero-order chi connectivity index (χ0) is 9.02. The molecule has 0 aromatic rings. The molecule has 0 aliphatic rings. The van der Waals surface area contributed by atoms with Gasteiger partial charge in [0.2, 0.25) is 0 Å². The maximum atomic E-state index is 12.1. The SMILES string of the molecule is OC(O)C(F)C(F)C(F)CF. The van der Waals surface area contributed by atoms with Crippen LogP contribution in [0.15, 0.2) is 0 Å². The van der Waals surface area contributed by atoms with Crippen LogP contribution in [0.5, 0.6) is 0 Å². The minimum absolute atomic E-state index is 1.69. The Kier molecular flexibility index (Phi) is 4.36. The zero-order valence-corrected chi connectivity index (χ0v) is 5.42. The smallest absolute Gasteiger partial charge is 0.186 e. The molecule has 0 saturated carbocycles. The Balaban J connectivity index is 3.90. The first-order valence-electron chi connectivity index (χ1n) is 2.85. The lowest BCUT2D eigenvalue weighted by atomic mass is 10.1. The lowest BCUT2D eigenvalue weighted by Gasteiger charge is -2.16. The summed E-state index contributed by atoms with van der Waals surface area (Å²) >= 11 is 0. The average molecular weight is 176 g/mol. The number of aliphatic hydroxyl groups is 2. The van der Waals surface area contributed by atoms with Crippen molar-refractivity contribution >= 4 is 0 Å². The van der Waals surface area contributed by atoms with E-state index in [0.717, 1.165) is 0 Å². The molecule has 0 fully saturated rings. The van der Waals surface area contributed by atoms with Gasteiger partial charge < -0.3 is 10.2 Å². The van der Waals surface area contributed by atoms with E-state index in [4.69, 9.17) is 10.2 Å². The predicted molar refractivity (Wildman–Crippen MR) is 28.9 cm³/mol. The Labute approximate surface area is 60.4 Å². The van der Waals surface area contributed by atoms with Crippen LogP contribution < -0.4 is 0 Å². The van der Waals surface area contributed by atoms with E-state index in [9.17, 15) is 17.6 Å². The Bertz CT molecular complexity index is 111. The molecule has 2 nitrogen and oxygen atoms in total. The van der Waals surface area contributed by atoms with Crippen LogP contribution in [-0.2, 0) is 0 Å². The first kappa shape index (κ1) is 10.6. The largest absolute Gasteiger partial charge is 0.366 e. The van der Waals surface area contributed by atoms with E-state index in [1.807, 2.05) is 0 Å². The number of rotatable bonds is 4. The molecule has 0 rings (SSSR count). The topological polar surface area (TPSA) is 40.5 Å². The fourth-order valence-corrected chi connectivity index (χ4v) is 0.449. The summed E-state index contributed by atoms with van der Waals surface area (Å²) in [7, 11) is 0. The highest BCUT2D eigenvalue weighted by Crippen LogP contribution is 2.14. The standard InChI is InChI=1S/C5H8F4O2/c6-1-2(7)3(8)4(9)5(10)11/h2-5,10-11H,1H2. The Hall–Kier alpha value is -0.360. The van der Waals surface area contributed by atoms with Crippen LogP contribution in [0.4, 0.5) is 17.6 Å². The van der Waals surface area contributed by atoms with Crippen molar-refractivity contribution < 1.29 is 27.8 Å². The van der Waals surface area contributed by atoms with Crippen molar-refractivity contribution in [2.75, 3.05) is 6.67 Å². The van der Waals surface area contributed by atoms with E-state index in [1.165, 1.54) is 0 Å². The molecule has 68 valence electrons. The second-order valence-electron chi connectivity index (χ2n) is 1.97. The van der Waals surface area contributed by atoms with Crippen LogP contribution in [0.25, 0.3) is 0 Å². The first-order valence-corrected chi connectivity index (χ1v) is 2.85. The summed E-state index contributed by atoms with van der Waals surface area (Å²) in [6.07, 6.45) is -10.9. The number of hydrogen-bond donors (Lipinski definition) is 2. The molecule has 2 N–H and O–H groups in total. The second kappa shape index (κ2) is 4.50. The molecule has 6 heteroatoms. The van der Waals surface area contributed by atoms with E-state index < -0.39 is 31.5 Å². The van der Waals surface area contributed by atoms with Gasteiger partial charge in [0.1, 0.15) is 6.67 Å². The molecule has 0 aliphatic carbocycles. The highest BCUT2D eigenvalue weighted by Gasteiger charge is 2.34. The highest BCUT2D eigenvalue weighted by molar-refractivity contribution is 4.77. The first-order chi connectivity index (χ1) is 5.00. The van der Waals surface area contributed by atoms with E-state index in [1.54, 1.807) is 0 Å². The van der Waals surface area contributed by atoms with Crippen LogP contribution in [0.3, 0.4) is 0 Å². The van der Waals surface area contributed by atoms with Gasteiger partial charge in [0, 0.05) is 0 Å². The van der Waals surface area contributed by atoms with Crippen LogP contribution in [0.1, 0.15) is 0 Å². The molecular formula is C5H8F4O2. The van der Waals surface area contributed by atoms with Gasteiger partial charge in [-0.25, -0.2) is 17.6 Å². The summed E-state index contributed by atoms with van der Waals surface area (Å²) < 4.78 is 47.4. The summed E-state index contributed by atoms with van der Waals surface area (Å²) in [6, 6.07) is 0. The third-order valence-electron chi connectivity index (χ3n) is 1.08. The molecule has 0 radical (unpaired) electrons. The Morgan fingerprint density at radius 2 is 1.45 bits per heavy atom. The Morgan fingerprint density at radius 1 is 1.00 bits per heavy atom. The van der Waals surface area contributed by atoms with Crippen molar-refractivity contribution in [2.24, 2.45) is 0 Å². The van der Waals surface area contributed by atoms with Gasteiger partial charge in [-0.15, -0.1) is 0 Å². The summed E-state index contributed by atoms with van der Waals surface area (Å²) in [6.45, 7) is -1.69. The molecule has 0 spiro atoms. The third-order valence-corrected chi connectivity index (χ3v) is 1.08. The van der Waals surface area contributed by atoms with Crippen molar-refractivity contribution in [1.29, 1.82) is 0 Å². The molecule has 3 atom stereocenters. The molecule has 0 saturated heterocycles. The normalized spacial score (nSPS) is 19.9. The van der Waals surface area contributed by atoms with Crippen molar-refractivity contribution in [2.45, 2.75) is 24.8 Å². The molecule has 3 unspecified atom stereocenters. The van der Waals surface area contributed by atoms with Crippen molar-refractivity contribution in [3.8, 4) is 0 Å². The van der Waals surface area contributed by atoms with Crippen LogP contribution in [0.2, 0.25) is 0 Å². The lowest BCUT2D eigenvalue weighted by molar-refractivity contribution is -0.124. The van der Waals surface area contributed by atoms with Crippen LogP contribution in [-0.4, -0.2) is 41.7 Å². The summed E-state index contributed by atoms with van der Waals surface area (Å²) in [4.78, 5) is 0. The second-order valence-corrected chi connectivity index (χ2v) is 1.97. The van der Waals surface area contributed by atoms with E-state index in [2.05, 4.69) is 0 Å². The van der Waals surface area contributed by atoms with E-state index in [0.29, 0.717) is 0 Å². The van der Waals surface area contributed by atoms with Gasteiger partial charge >= 0.3 is 0 Å².